The summed E-state index contributed by atoms with van der Waals surface area (Å²) in [5, 5.41) is 1.76. The van der Waals surface area contributed by atoms with Crippen molar-refractivity contribution < 1.29 is 14.3 Å². The number of hydrogen-bond donors (Lipinski definition) is 0. The monoisotopic (exact) mass is 310 g/mol. The lowest BCUT2D eigenvalue weighted by Crippen LogP contribution is -2.45. The van der Waals surface area contributed by atoms with Crippen molar-refractivity contribution in [3.8, 4) is 0 Å². The lowest BCUT2D eigenvalue weighted by atomic mass is 10.4. The molecule has 2 fully saturated rings. The zero-order valence-electron chi connectivity index (χ0n) is 10.8. The fourth-order valence-corrected chi connectivity index (χ4v) is 3.62. The van der Waals surface area contributed by atoms with E-state index < -0.39 is 0 Å². The fraction of sp³-hybridized carbons (Fsp3) is 0.385. The highest BCUT2D eigenvalue weighted by Gasteiger charge is 2.36. The number of imide groups is 1. The summed E-state index contributed by atoms with van der Waals surface area (Å²) in [6, 6.07) is 3.86. The summed E-state index contributed by atoms with van der Waals surface area (Å²) in [4.78, 5) is 29.1. The molecule has 1 aromatic rings. The lowest BCUT2D eigenvalue weighted by molar-refractivity contribution is -0.125. The Labute approximate surface area is 125 Å². The van der Waals surface area contributed by atoms with Gasteiger partial charge in [0.2, 0.25) is 0 Å². The minimum Gasteiger partial charge on any atom is -0.379 e. The summed E-state index contributed by atoms with van der Waals surface area (Å²) in [5.74, 6) is -0.195. The Balaban J connectivity index is 1.70. The Hall–Kier alpha value is -1.15. The molecule has 0 spiro atoms. The number of thiophene rings is 1. The second kappa shape index (κ2) is 6.09. The number of amides is 2. The van der Waals surface area contributed by atoms with Crippen molar-refractivity contribution in [2.75, 3.05) is 33.0 Å². The molecule has 1 aromatic heterocycles. The summed E-state index contributed by atoms with van der Waals surface area (Å²) in [5.41, 5.74) is 0. The molecule has 0 radical (unpaired) electrons. The van der Waals surface area contributed by atoms with Crippen molar-refractivity contribution in [2.45, 2.75) is 0 Å². The van der Waals surface area contributed by atoms with E-state index in [-0.39, 0.29) is 11.1 Å². The molecule has 0 aromatic carbocycles. The van der Waals surface area contributed by atoms with Gasteiger partial charge in [0.15, 0.2) is 0 Å². The van der Waals surface area contributed by atoms with E-state index in [2.05, 4.69) is 4.90 Å². The van der Waals surface area contributed by atoms with Gasteiger partial charge in [-0.2, -0.15) is 0 Å². The number of carbonyl (C=O) groups excluding carboxylic acids is 2. The van der Waals surface area contributed by atoms with Gasteiger partial charge in [-0.15, -0.1) is 11.3 Å². The van der Waals surface area contributed by atoms with Crippen LogP contribution in [-0.4, -0.2) is 53.9 Å². The fourth-order valence-electron chi connectivity index (χ4n) is 2.07. The quantitative estimate of drug-likeness (QED) is 0.800. The number of rotatable bonds is 3. The van der Waals surface area contributed by atoms with Crippen LogP contribution in [0.1, 0.15) is 4.88 Å². The zero-order chi connectivity index (χ0) is 13.9. The average Bonchev–Trinajstić information content (AvgIpc) is 3.05. The summed E-state index contributed by atoms with van der Waals surface area (Å²) in [6.07, 6.45) is 1.79. The minimum absolute atomic E-state index is 0.190. The first-order valence-electron chi connectivity index (χ1n) is 6.33. The molecule has 2 aliphatic rings. The Bertz CT molecular complexity index is 536. The largest absolute Gasteiger partial charge is 0.379 e. The van der Waals surface area contributed by atoms with Crippen molar-refractivity contribution in [1.29, 1.82) is 0 Å². The second-order valence-corrected chi connectivity index (χ2v) is 6.47. The van der Waals surface area contributed by atoms with Crippen molar-refractivity contribution in [3.63, 3.8) is 0 Å². The SMILES string of the molecule is O=C1S/C(=C/c2cccs2)C(=O)N1CN1CCOCC1. The Morgan fingerprint density at radius 3 is 2.80 bits per heavy atom. The maximum Gasteiger partial charge on any atom is 0.294 e. The summed E-state index contributed by atoms with van der Waals surface area (Å²) >= 11 is 2.57. The molecular formula is C13H14N2O3S2. The van der Waals surface area contributed by atoms with Gasteiger partial charge in [0, 0.05) is 18.0 Å². The van der Waals surface area contributed by atoms with E-state index >= 15 is 0 Å². The maximum absolute atomic E-state index is 12.3. The van der Waals surface area contributed by atoms with Gasteiger partial charge in [0.1, 0.15) is 0 Å². The van der Waals surface area contributed by atoms with Gasteiger partial charge in [-0.05, 0) is 29.3 Å². The Morgan fingerprint density at radius 1 is 1.30 bits per heavy atom. The van der Waals surface area contributed by atoms with Crippen molar-refractivity contribution >= 4 is 40.3 Å². The molecule has 2 amide bonds. The molecule has 0 aliphatic carbocycles. The molecular weight excluding hydrogens is 296 g/mol. The van der Waals surface area contributed by atoms with Crippen LogP contribution in [0, 0.1) is 0 Å². The zero-order valence-corrected chi connectivity index (χ0v) is 12.4. The van der Waals surface area contributed by atoms with E-state index in [4.69, 9.17) is 4.74 Å². The van der Waals surface area contributed by atoms with Crippen LogP contribution >= 0.6 is 23.1 Å². The molecule has 3 rings (SSSR count). The molecule has 0 N–H and O–H groups in total. The summed E-state index contributed by atoms with van der Waals surface area (Å²) in [7, 11) is 0. The van der Waals surface area contributed by atoms with Crippen LogP contribution in [0.15, 0.2) is 22.4 Å². The van der Waals surface area contributed by atoms with Crippen LogP contribution in [0.25, 0.3) is 6.08 Å². The molecule has 0 saturated carbocycles. The van der Waals surface area contributed by atoms with Gasteiger partial charge in [-0.3, -0.25) is 19.4 Å². The third-order valence-corrected chi connectivity index (χ3v) is 4.86. The molecule has 106 valence electrons. The average molecular weight is 310 g/mol. The van der Waals surface area contributed by atoms with Gasteiger partial charge in [-0.25, -0.2) is 0 Å². The first kappa shape index (κ1) is 13.8. The highest BCUT2D eigenvalue weighted by molar-refractivity contribution is 8.18. The van der Waals surface area contributed by atoms with Gasteiger partial charge in [-0.1, -0.05) is 6.07 Å². The van der Waals surface area contributed by atoms with Crippen LogP contribution in [0.4, 0.5) is 4.79 Å². The highest BCUT2D eigenvalue weighted by Crippen LogP contribution is 2.33. The predicted molar refractivity (Wildman–Crippen MR) is 79.4 cm³/mol. The van der Waals surface area contributed by atoms with Crippen LogP contribution in [0.3, 0.4) is 0 Å². The van der Waals surface area contributed by atoms with Gasteiger partial charge in [0.05, 0.1) is 24.8 Å². The number of hydrogen-bond acceptors (Lipinski definition) is 6. The number of thioether (sulfide) groups is 1. The van der Waals surface area contributed by atoms with Gasteiger partial charge in [0.25, 0.3) is 11.1 Å². The molecule has 7 heteroatoms. The lowest BCUT2D eigenvalue weighted by Gasteiger charge is -2.29. The van der Waals surface area contributed by atoms with Crippen LogP contribution < -0.4 is 0 Å². The smallest absolute Gasteiger partial charge is 0.294 e. The van der Waals surface area contributed by atoms with E-state index in [1.165, 1.54) is 4.90 Å². The van der Waals surface area contributed by atoms with Crippen molar-refractivity contribution in [1.82, 2.24) is 9.80 Å². The van der Waals surface area contributed by atoms with E-state index in [1.807, 2.05) is 17.5 Å². The van der Waals surface area contributed by atoms with E-state index in [1.54, 1.807) is 17.4 Å². The summed E-state index contributed by atoms with van der Waals surface area (Å²) in [6.45, 7) is 3.18. The van der Waals surface area contributed by atoms with Crippen LogP contribution in [-0.2, 0) is 9.53 Å². The van der Waals surface area contributed by atoms with Gasteiger partial charge >= 0.3 is 0 Å². The molecule has 2 aliphatic heterocycles. The first-order chi connectivity index (χ1) is 9.74. The first-order valence-corrected chi connectivity index (χ1v) is 8.02. The molecule has 0 atom stereocenters. The number of nitrogens with zero attached hydrogens (tertiary/aromatic N) is 2. The Morgan fingerprint density at radius 2 is 2.10 bits per heavy atom. The van der Waals surface area contributed by atoms with E-state index in [9.17, 15) is 9.59 Å². The maximum atomic E-state index is 12.3. The van der Waals surface area contributed by atoms with Crippen molar-refractivity contribution in [2.24, 2.45) is 0 Å². The molecule has 5 nitrogen and oxygen atoms in total. The summed E-state index contributed by atoms with van der Waals surface area (Å²) < 4.78 is 5.26. The van der Waals surface area contributed by atoms with E-state index in [0.717, 1.165) is 29.7 Å². The predicted octanol–water partition coefficient (Wildman–Crippen LogP) is 2.07. The molecule has 0 bridgehead atoms. The van der Waals surface area contributed by atoms with Crippen LogP contribution in [0.5, 0.6) is 0 Å². The van der Waals surface area contributed by atoms with E-state index in [0.29, 0.717) is 24.8 Å². The van der Waals surface area contributed by atoms with Crippen LogP contribution in [0.2, 0.25) is 0 Å². The van der Waals surface area contributed by atoms with Crippen molar-refractivity contribution in [3.05, 3.63) is 27.3 Å². The standard InChI is InChI=1S/C13H14N2O3S2/c16-12-11(8-10-2-1-7-19-10)20-13(17)15(12)9-14-3-5-18-6-4-14/h1-2,7-8H,3-6,9H2/b11-8+. The third-order valence-electron chi connectivity index (χ3n) is 3.14. The number of carbonyl (C=O) groups is 2. The third kappa shape index (κ3) is 2.95. The number of ether oxygens (including phenoxy) is 1. The molecule has 20 heavy (non-hydrogen) atoms. The topological polar surface area (TPSA) is 49.9 Å². The highest BCUT2D eigenvalue weighted by atomic mass is 32.2. The van der Waals surface area contributed by atoms with Gasteiger partial charge < -0.3 is 4.74 Å². The number of morpholine rings is 1. The molecule has 2 saturated heterocycles. The molecule has 3 heterocycles. The minimum atomic E-state index is -0.195. The Kier molecular flexibility index (Phi) is 4.21. The molecule has 0 unspecified atom stereocenters. The second-order valence-electron chi connectivity index (χ2n) is 4.50. The normalized spacial score (nSPS) is 23.0.